The molecular weight excluding hydrogens is 286 g/mol. The second-order valence-electron chi connectivity index (χ2n) is 3.24. The summed E-state index contributed by atoms with van der Waals surface area (Å²) < 4.78 is 0.795. The number of pyridine rings is 1. The Morgan fingerprint density at radius 3 is 2.75 bits per heavy atom. The van der Waals surface area contributed by atoms with Gasteiger partial charge < -0.3 is 0 Å². The third-order valence-corrected chi connectivity index (χ3v) is 3.67. The van der Waals surface area contributed by atoms with Gasteiger partial charge in [-0.2, -0.15) is 0 Å². The van der Waals surface area contributed by atoms with E-state index in [-0.39, 0.29) is 0 Å². The van der Waals surface area contributed by atoms with E-state index in [0.717, 1.165) is 25.4 Å². The number of benzene rings is 1. The maximum absolute atomic E-state index is 4.32. The zero-order chi connectivity index (χ0) is 11.0. The van der Waals surface area contributed by atoms with Crippen molar-refractivity contribution in [3.63, 3.8) is 0 Å². The normalized spacial score (nSPS) is 10.8. The molecule has 0 saturated heterocycles. The van der Waals surface area contributed by atoms with Crippen LogP contribution in [-0.2, 0) is 0 Å². The Balaban J connectivity index is 2.31. The van der Waals surface area contributed by atoms with Gasteiger partial charge in [-0.3, -0.25) is 4.98 Å². The van der Waals surface area contributed by atoms with Gasteiger partial charge in [0.2, 0.25) is 0 Å². The van der Waals surface area contributed by atoms with E-state index in [1.165, 1.54) is 11.3 Å². The fourth-order valence-corrected chi connectivity index (χ4v) is 2.75. The molecule has 5 heteroatoms. The van der Waals surface area contributed by atoms with Gasteiger partial charge in [0.1, 0.15) is 5.01 Å². The van der Waals surface area contributed by atoms with Gasteiger partial charge in [0, 0.05) is 17.1 Å². The number of hydrogen-bond acceptors (Lipinski definition) is 4. The van der Waals surface area contributed by atoms with Crippen molar-refractivity contribution >= 4 is 38.2 Å². The molecule has 0 aliphatic carbocycles. The highest BCUT2D eigenvalue weighted by molar-refractivity contribution is 9.11. The first-order chi connectivity index (χ1) is 7.84. The largest absolute Gasteiger partial charge is 0.256 e. The molecule has 0 unspecified atom stereocenters. The van der Waals surface area contributed by atoms with Crippen molar-refractivity contribution in [2.75, 3.05) is 0 Å². The number of para-hydroxylation sites is 1. The first kappa shape index (κ1) is 9.86. The lowest BCUT2D eigenvalue weighted by Crippen LogP contribution is -1.83. The first-order valence-electron chi connectivity index (χ1n) is 4.68. The van der Waals surface area contributed by atoms with Crippen LogP contribution >= 0.6 is 27.3 Å². The molecule has 78 valence electrons. The van der Waals surface area contributed by atoms with Gasteiger partial charge in [0.25, 0.3) is 0 Å². The fourth-order valence-electron chi connectivity index (χ4n) is 1.60. The standard InChI is InChI=1S/C11H6BrN3S/c12-11-15-14-10(16-11)8-5-6-13-9-4-2-1-3-7(8)9/h1-6H. The van der Waals surface area contributed by atoms with Crippen LogP contribution in [0.3, 0.4) is 0 Å². The molecule has 16 heavy (non-hydrogen) atoms. The molecule has 0 fully saturated rings. The van der Waals surface area contributed by atoms with Crippen LogP contribution in [0.1, 0.15) is 0 Å². The Morgan fingerprint density at radius 1 is 1.06 bits per heavy atom. The quantitative estimate of drug-likeness (QED) is 0.689. The second-order valence-corrected chi connectivity index (χ2v) is 5.49. The molecule has 0 aliphatic rings. The summed E-state index contributed by atoms with van der Waals surface area (Å²) in [5.74, 6) is 0. The van der Waals surface area contributed by atoms with Crippen LogP contribution in [0.5, 0.6) is 0 Å². The van der Waals surface area contributed by atoms with Gasteiger partial charge >= 0.3 is 0 Å². The van der Waals surface area contributed by atoms with Crippen LogP contribution in [0.15, 0.2) is 40.4 Å². The number of nitrogens with zero attached hydrogens (tertiary/aromatic N) is 3. The Labute approximate surface area is 104 Å². The van der Waals surface area contributed by atoms with Crippen molar-refractivity contribution < 1.29 is 0 Å². The van der Waals surface area contributed by atoms with Crippen molar-refractivity contribution in [3.8, 4) is 10.6 Å². The van der Waals surface area contributed by atoms with Crippen LogP contribution in [0.4, 0.5) is 0 Å². The molecule has 2 heterocycles. The third-order valence-electron chi connectivity index (χ3n) is 2.28. The lowest BCUT2D eigenvalue weighted by molar-refractivity contribution is 1.08. The molecule has 0 saturated carbocycles. The van der Waals surface area contributed by atoms with Crippen LogP contribution in [0, 0.1) is 0 Å². The van der Waals surface area contributed by atoms with E-state index in [1.54, 1.807) is 6.20 Å². The SMILES string of the molecule is Brc1nnc(-c2ccnc3ccccc23)s1. The summed E-state index contributed by atoms with van der Waals surface area (Å²) in [6.45, 7) is 0. The minimum atomic E-state index is 0.795. The minimum Gasteiger partial charge on any atom is -0.256 e. The van der Waals surface area contributed by atoms with E-state index in [4.69, 9.17) is 0 Å². The lowest BCUT2D eigenvalue weighted by atomic mass is 10.1. The molecule has 3 aromatic rings. The van der Waals surface area contributed by atoms with Gasteiger partial charge in [-0.05, 0) is 28.1 Å². The maximum Gasteiger partial charge on any atom is 0.183 e. The highest BCUT2D eigenvalue weighted by atomic mass is 79.9. The van der Waals surface area contributed by atoms with Gasteiger partial charge in [0.15, 0.2) is 3.92 Å². The molecule has 0 aliphatic heterocycles. The molecule has 0 bridgehead atoms. The number of hydrogen-bond donors (Lipinski definition) is 0. The predicted octanol–water partition coefficient (Wildman–Crippen LogP) is 3.52. The van der Waals surface area contributed by atoms with Gasteiger partial charge in [-0.15, -0.1) is 10.2 Å². The van der Waals surface area contributed by atoms with Gasteiger partial charge in [-0.25, -0.2) is 0 Å². The van der Waals surface area contributed by atoms with Crippen molar-refractivity contribution in [2.45, 2.75) is 0 Å². The molecule has 0 spiro atoms. The highest BCUT2D eigenvalue weighted by Gasteiger charge is 2.08. The Kier molecular flexibility index (Phi) is 2.41. The smallest absolute Gasteiger partial charge is 0.183 e. The molecule has 0 N–H and O–H groups in total. The topological polar surface area (TPSA) is 38.7 Å². The number of aromatic nitrogens is 3. The van der Waals surface area contributed by atoms with Gasteiger partial charge in [0.05, 0.1) is 5.52 Å². The number of fused-ring (bicyclic) bond motifs is 1. The van der Waals surface area contributed by atoms with E-state index in [1.807, 2.05) is 30.3 Å². The minimum absolute atomic E-state index is 0.795. The Hall–Kier alpha value is -1.33. The molecule has 3 nitrogen and oxygen atoms in total. The average Bonchev–Trinajstić information content (AvgIpc) is 2.75. The molecule has 0 atom stereocenters. The van der Waals surface area contributed by atoms with E-state index >= 15 is 0 Å². The summed E-state index contributed by atoms with van der Waals surface area (Å²) in [4.78, 5) is 4.32. The molecule has 3 rings (SSSR count). The van der Waals surface area contributed by atoms with E-state index < -0.39 is 0 Å². The zero-order valence-corrected chi connectivity index (χ0v) is 10.5. The first-order valence-corrected chi connectivity index (χ1v) is 6.29. The van der Waals surface area contributed by atoms with Crippen LogP contribution < -0.4 is 0 Å². The van der Waals surface area contributed by atoms with Crippen LogP contribution in [-0.4, -0.2) is 15.2 Å². The van der Waals surface area contributed by atoms with E-state index in [2.05, 4.69) is 31.1 Å². The summed E-state index contributed by atoms with van der Waals surface area (Å²) in [7, 11) is 0. The van der Waals surface area contributed by atoms with Crippen LogP contribution in [0.25, 0.3) is 21.5 Å². The fraction of sp³-hybridized carbons (Fsp3) is 0. The summed E-state index contributed by atoms with van der Waals surface area (Å²) in [5, 5.41) is 10.1. The summed E-state index contributed by atoms with van der Waals surface area (Å²) in [6.07, 6.45) is 1.80. The monoisotopic (exact) mass is 291 g/mol. The van der Waals surface area contributed by atoms with E-state index in [9.17, 15) is 0 Å². The predicted molar refractivity (Wildman–Crippen MR) is 68.3 cm³/mol. The van der Waals surface area contributed by atoms with Crippen molar-refractivity contribution in [2.24, 2.45) is 0 Å². The van der Waals surface area contributed by atoms with Crippen molar-refractivity contribution in [3.05, 3.63) is 40.4 Å². The summed E-state index contributed by atoms with van der Waals surface area (Å²) in [5.41, 5.74) is 2.06. The van der Waals surface area contributed by atoms with E-state index in [0.29, 0.717) is 0 Å². The molecule has 0 amide bonds. The average molecular weight is 292 g/mol. The van der Waals surface area contributed by atoms with Crippen molar-refractivity contribution in [1.29, 1.82) is 0 Å². The maximum atomic E-state index is 4.32. The van der Waals surface area contributed by atoms with Crippen LogP contribution in [0.2, 0.25) is 0 Å². The Morgan fingerprint density at radius 2 is 1.94 bits per heavy atom. The molecule has 1 aromatic carbocycles. The Bertz CT molecular complexity index is 645. The van der Waals surface area contributed by atoms with Crippen molar-refractivity contribution in [1.82, 2.24) is 15.2 Å². The lowest BCUT2D eigenvalue weighted by Gasteiger charge is -2.01. The summed E-state index contributed by atoms with van der Waals surface area (Å²) >= 11 is 4.85. The number of rotatable bonds is 1. The van der Waals surface area contributed by atoms with Gasteiger partial charge in [-0.1, -0.05) is 29.5 Å². The summed E-state index contributed by atoms with van der Waals surface area (Å²) in [6, 6.07) is 10.00. The molecule has 2 aromatic heterocycles. The molecular formula is C11H6BrN3S. The highest BCUT2D eigenvalue weighted by Crippen LogP contribution is 2.30. The number of halogens is 1. The molecule has 0 radical (unpaired) electrons. The second kappa shape index (κ2) is 3.92. The third kappa shape index (κ3) is 1.62. The zero-order valence-electron chi connectivity index (χ0n) is 8.09.